The standard InChI is InChI=1S/C8H17N3O.C2H6.C2H5.K/c1-10-4-6-11(7-5-10)3-2-9-8-12;2*1-2;/h8H,2-7H2,1H3,(H,9,12);1-2H3;1H2,2H3;/q;;-1;+1. The molecular weight excluding hydrogens is 241 g/mol. The summed E-state index contributed by atoms with van der Waals surface area (Å²) in [5.41, 5.74) is 0. The van der Waals surface area contributed by atoms with Gasteiger partial charge in [-0.1, -0.05) is 13.8 Å². The van der Waals surface area contributed by atoms with Crippen molar-refractivity contribution < 1.29 is 56.2 Å². The summed E-state index contributed by atoms with van der Waals surface area (Å²) < 4.78 is 0. The van der Waals surface area contributed by atoms with Crippen molar-refractivity contribution in [1.29, 1.82) is 0 Å². The summed E-state index contributed by atoms with van der Waals surface area (Å²) in [6.07, 6.45) is 0.760. The van der Waals surface area contributed by atoms with E-state index in [0.29, 0.717) is 0 Å². The van der Waals surface area contributed by atoms with E-state index in [-0.39, 0.29) is 51.4 Å². The van der Waals surface area contributed by atoms with Crippen LogP contribution in [0.25, 0.3) is 0 Å². The second kappa shape index (κ2) is 19.4. The molecule has 1 fully saturated rings. The van der Waals surface area contributed by atoms with E-state index in [1.807, 2.05) is 13.8 Å². The summed E-state index contributed by atoms with van der Waals surface area (Å²) in [6, 6.07) is 0. The summed E-state index contributed by atoms with van der Waals surface area (Å²) >= 11 is 0. The van der Waals surface area contributed by atoms with E-state index >= 15 is 0 Å². The van der Waals surface area contributed by atoms with Gasteiger partial charge in [0, 0.05) is 39.3 Å². The maximum atomic E-state index is 9.96. The Labute approximate surface area is 150 Å². The van der Waals surface area contributed by atoms with Crippen molar-refractivity contribution in [3.05, 3.63) is 6.92 Å². The summed E-state index contributed by atoms with van der Waals surface area (Å²) in [5.74, 6) is 0. The molecule has 0 radical (unpaired) electrons. The molecule has 0 aliphatic carbocycles. The number of amides is 1. The molecule has 1 amide bonds. The van der Waals surface area contributed by atoms with E-state index in [0.717, 1.165) is 45.7 Å². The van der Waals surface area contributed by atoms with Gasteiger partial charge in [-0.05, 0) is 7.05 Å². The van der Waals surface area contributed by atoms with Gasteiger partial charge in [-0.3, -0.25) is 9.69 Å². The fraction of sp³-hybridized carbons (Fsp3) is 0.833. The first-order valence-electron chi connectivity index (χ1n) is 6.11. The molecule has 0 spiro atoms. The van der Waals surface area contributed by atoms with E-state index in [2.05, 4.69) is 29.1 Å². The number of nitrogens with zero attached hydrogens (tertiary/aromatic N) is 2. The number of hydrogen-bond donors (Lipinski definition) is 1. The normalized spacial score (nSPS) is 15.4. The van der Waals surface area contributed by atoms with Gasteiger partial charge in [-0.25, -0.2) is 0 Å². The Balaban J connectivity index is -0.000000355. The SMILES string of the molecule is CC.CN1CCN(CCNC=O)CC1.[CH2-]C.[K+]. The smallest absolute Gasteiger partial charge is 0.357 e. The van der Waals surface area contributed by atoms with Crippen LogP contribution in [0.1, 0.15) is 20.8 Å². The van der Waals surface area contributed by atoms with Crippen LogP contribution in [0.3, 0.4) is 0 Å². The molecule has 0 bridgehead atoms. The Bertz CT molecular complexity index is 140. The van der Waals surface area contributed by atoms with Crippen molar-refractivity contribution in [3.8, 4) is 0 Å². The third kappa shape index (κ3) is 15.0. The van der Waals surface area contributed by atoms with Crippen molar-refractivity contribution in [2.75, 3.05) is 46.3 Å². The molecule has 0 saturated carbocycles. The van der Waals surface area contributed by atoms with E-state index in [4.69, 9.17) is 0 Å². The van der Waals surface area contributed by atoms with Gasteiger partial charge >= 0.3 is 51.4 Å². The molecule has 0 aromatic rings. The predicted octanol–water partition coefficient (Wildman–Crippen LogP) is -2.15. The Morgan fingerprint density at radius 2 is 1.65 bits per heavy atom. The molecule has 1 aliphatic heterocycles. The van der Waals surface area contributed by atoms with Gasteiger partial charge in [-0.15, -0.1) is 0 Å². The number of rotatable bonds is 4. The first-order chi connectivity index (χ1) is 7.83. The molecule has 1 heterocycles. The topological polar surface area (TPSA) is 35.6 Å². The van der Waals surface area contributed by atoms with Crippen molar-refractivity contribution in [2.24, 2.45) is 0 Å². The van der Waals surface area contributed by atoms with Crippen LogP contribution < -0.4 is 56.7 Å². The van der Waals surface area contributed by atoms with Crippen LogP contribution in [0, 0.1) is 6.92 Å². The molecule has 4 nitrogen and oxygen atoms in total. The molecule has 0 unspecified atom stereocenters. The average Bonchev–Trinajstić information content (AvgIpc) is 2.37. The largest absolute Gasteiger partial charge is 1.00 e. The van der Waals surface area contributed by atoms with Gasteiger partial charge in [0.25, 0.3) is 0 Å². The molecule has 1 N–H and O–H groups in total. The third-order valence-electron chi connectivity index (χ3n) is 2.25. The molecule has 1 aliphatic rings. The van der Waals surface area contributed by atoms with Crippen LogP contribution in [0.4, 0.5) is 0 Å². The minimum atomic E-state index is 0. The van der Waals surface area contributed by atoms with Crippen molar-refractivity contribution in [1.82, 2.24) is 15.1 Å². The number of likely N-dealkylation sites (N-methyl/N-ethyl adjacent to an activating group) is 1. The number of carbonyl (C=O) groups is 1. The molecule has 5 heteroatoms. The van der Waals surface area contributed by atoms with Crippen molar-refractivity contribution in [2.45, 2.75) is 20.8 Å². The minimum absolute atomic E-state index is 0. The Hall–Kier alpha value is 1.03. The monoisotopic (exact) mass is 269 g/mol. The number of nitrogens with one attached hydrogen (secondary N) is 1. The predicted molar refractivity (Wildman–Crippen MR) is 70.4 cm³/mol. The Kier molecular flexibility index (Phi) is 26.4. The van der Waals surface area contributed by atoms with Crippen LogP contribution in [-0.4, -0.2) is 62.5 Å². The molecule has 0 aromatic carbocycles. The molecule has 0 atom stereocenters. The van der Waals surface area contributed by atoms with Crippen LogP contribution >= 0.6 is 0 Å². The quantitative estimate of drug-likeness (QED) is 0.274. The van der Waals surface area contributed by atoms with E-state index in [9.17, 15) is 4.79 Å². The van der Waals surface area contributed by atoms with Crippen LogP contribution in [0.5, 0.6) is 0 Å². The zero-order chi connectivity index (χ0) is 12.8. The van der Waals surface area contributed by atoms with Crippen LogP contribution in [0.15, 0.2) is 0 Å². The average molecular weight is 269 g/mol. The van der Waals surface area contributed by atoms with Gasteiger partial charge in [0.05, 0.1) is 0 Å². The first kappa shape index (κ1) is 23.1. The molecule has 0 aromatic heterocycles. The molecule has 98 valence electrons. The van der Waals surface area contributed by atoms with Crippen LogP contribution in [-0.2, 0) is 4.79 Å². The third-order valence-corrected chi connectivity index (χ3v) is 2.25. The van der Waals surface area contributed by atoms with Gasteiger partial charge in [-0.2, -0.15) is 6.92 Å². The van der Waals surface area contributed by atoms with Gasteiger partial charge in [0.15, 0.2) is 0 Å². The van der Waals surface area contributed by atoms with Gasteiger partial charge in [0.1, 0.15) is 0 Å². The second-order valence-electron chi connectivity index (χ2n) is 3.22. The Morgan fingerprint density at radius 3 is 2.06 bits per heavy atom. The van der Waals surface area contributed by atoms with Gasteiger partial charge < -0.3 is 17.1 Å². The van der Waals surface area contributed by atoms with Gasteiger partial charge in [0.2, 0.25) is 6.41 Å². The van der Waals surface area contributed by atoms with Crippen molar-refractivity contribution >= 4 is 6.41 Å². The summed E-state index contributed by atoms with van der Waals surface area (Å²) in [6.45, 7) is 15.3. The van der Waals surface area contributed by atoms with Crippen LogP contribution in [0.2, 0.25) is 0 Å². The maximum Gasteiger partial charge on any atom is 1.00 e. The van der Waals surface area contributed by atoms with Crippen molar-refractivity contribution in [3.63, 3.8) is 0 Å². The summed E-state index contributed by atoms with van der Waals surface area (Å²) in [7, 11) is 2.14. The first-order valence-corrected chi connectivity index (χ1v) is 6.11. The van der Waals surface area contributed by atoms with E-state index in [1.54, 1.807) is 6.92 Å². The zero-order valence-electron chi connectivity index (χ0n) is 12.3. The number of piperazine rings is 1. The minimum Gasteiger partial charge on any atom is -0.357 e. The zero-order valence-corrected chi connectivity index (χ0v) is 15.5. The Morgan fingerprint density at radius 1 is 1.18 bits per heavy atom. The maximum absolute atomic E-state index is 9.96. The van der Waals surface area contributed by atoms with E-state index in [1.165, 1.54) is 0 Å². The second-order valence-corrected chi connectivity index (χ2v) is 3.22. The molecule has 1 saturated heterocycles. The summed E-state index contributed by atoms with van der Waals surface area (Å²) in [4.78, 5) is 14.7. The molecular formula is C12H28KN3O. The number of carbonyl (C=O) groups excluding carboxylic acids is 1. The number of hydrogen-bond acceptors (Lipinski definition) is 3. The van der Waals surface area contributed by atoms with E-state index < -0.39 is 0 Å². The fourth-order valence-electron chi connectivity index (χ4n) is 1.35. The molecule has 17 heavy (non-hydrogen) atoms. The summed E-state index contributed by atoms with van der Waals surface area (Å²) in [5, 5.41) is 2.67. The fourth-order valence-corrected chi connectivity index (χ4v) is 1.35. The molecule has 1 rings (SSSR count).